The molecule has 0 fully saturated rings. The predicted octanol–water partition coefficient (Wildman–Crippen LogP) is 4.37. The van der Waals surface area contributed by atoms with Gasteiger partial charge in [-0.05, 0) is 53.4 Å². The molecule has 0 N–H and O–H groups in total. The summed E-state index contributed by atoms with van der Waals surface area (Å²) in [5, 5.41) is 0. The van der Waals surface area contributed by atoms with Gasteiger partial charge >= 0.3 is 0 Å². The summed E-state index contributed by atoms with van der Waals surface area (Å²) in [6.45, 7) is 3.67. The van der Waals surface area contributed by atoms with Gasteiger partial charge in [-0.2, -0.15) is 0 Å². The second-order valence-corrected chi connectivity index (χ2v) is 7.54. The summed E-state index contributed by atoms with van der Waals surface area (Å²) in [6, 6.07) is 4.94. The van der Waals surface area contributed by atoms with Gasteiger partial charge in [0.15, 0.2) is 9.84 Å². The van der Waals surface area contributed by atoms with Gasteiger partial charge in [0, 0.05) is 4.47 Å². The SMILES string of the molecule is C=CCCCCCCS(=O)(=O)c1ccc(OC)cc1Br. The van der Waals surface area contributed by atoms with Crippen LogP contribution in [0.15, 0.2) is 40.2 Å². The predicted molar refractivity (Wildman–Crippen MR) is 86.0 cm³/mol. The monoisotopic (exact) mass is 360 g/mol. The molecular weight excluding hydrogens is 340 g/mol. The molecule has 0 atom stereocenters. The molecule has 0 unspecified atom stereocenters. The molecule has 0 aliphatic carbocycles. The average molecular weight is 361 g/mol. The number of hydrogen-bond donors (Lipinski definition) is 0. The minimum absolute atomic E-state index is 0.187. The maximum Gasteiger partial charge on any atom is 0.179 e. The van der Waals surface area contributed by atoms with Crippen LogP contribution in [0.2, 0.25) is 0 Å². The number of benzene rings is 1. The molecule has 1 aromatic rings. The molecule has 0 saturated heterocycles. The van der Waals surface area contributed by atoms with E-state index in [9.17, 15) is 8.42 Å². The smallest absolute Gasteiger partial charge is 0.179 e. The van der Waals surface area contributed by atoms with E-state index < -0.39 is 9.84 Å². The molecule has 0 aliphatic heterocycles. The molecule has 0 aromatic heterocycles. The van der Waals surface area contributed by atoms with Gasteiger partial charge < -0.3 is 4.74 Å². The zero-order valence-electron chi connectivity index (χ0n) is 11.8. The summed E-state index contributed by atoms with van der Waals surface area (Å²) < 4.78 is 30.1. The Balaban J connectivity index is 2.58. The molecule has 5 heteroatoms. The van der Waals surface area contributed by atoms with Crippen molar-refractivity contribution in [2.45, 2.75) is 37.0 Å². The van der Waals surface area contributed by atoms with Crippen molar-refractivity contribution in [3.63, 3.8) is 0 Å². The molecule has 0 bridgehead atoms. The first-order valence-electron chi connectivity index (χ1n) is 6.68. The van der Waals surface area contributed by atoms with E-state index in [1.165, 1.54) is 0 Å². The maximum atomic E-state index is 12.3. The molecule has 0 amide bonds. The van der Waals surface area contributed by atoms with Gasteiger partial charge in [-0.3, -0.25) is 0 Å². The number of unbranched alkanes of at least 4 members (excludes halogenated alkanes) is 4. The fourth-order valence-corrected chi connectivity index (χ4v) is 4.44. The van der Waals surface area contributed by atoms with Gasteiger partial charge in [-0.15, -0.1) is 6.58 Å². The molecule has 0 heterocycles. The number of halogens is 1. The molecule has 3 nitrogen and oxygen atoms in total. The van der Waals surface area contributed by atoms with E-state index in [2.05, 4.69) is 22.5 Å². The Hall–Kier alpha value is -0.810. The highest BCUT2D eigenvalue weighted by Crippen LogP contribution is 2.27. The highest BCUT2D eigenvalue weighted by molar-refractivity contribution is 9.10. The van der Waals surface area contributed by atoms with Crippen molar-refractivity contribution in [2.24, 2.45) is 0 Å². The van der Waals surface area contributed by atoms with E-state index in [0.29, 0.717) is 21.5 Å². The summed E-state index contributed by atoms with van der Waals surface area (Å²) in [7, 11) is -1.68. The van der Waals surface area contributed by atoms with Crippen LogP contribution >= 0.6 is 15.9 Å². The normalized spacial score (nSPS) is 11.3. The van der Waals surface area contributed by atoms with Gasteiger partial charge in [0.2, 0.25) is 0 Å². The fraction of sp³-hybridized carbons (Fsp3) is 0.467. The standard InChI is InChI=1S/C15H21BrO3S/c1-3-4-5-6-7-8-11-20(17,18)15-10-9-13(19-2)12-14(15)16/h3,9-10,12H,1,4-8,11H2,2H3. The van der Waals surface area contributed by atoms with Crippen LogP contribution in [0.25, 0.3) is 0 Å². The molecule has 0 saturated carbocycles. The van der Waals surface area contributed by atoms with Gasteiger partial charge in [0.05, 0.1) is 17.8 Å². The lowest BCUT2D eigenvalue weighted by Crippen LogP contribution is -2.07. The molecule has 1 rings (SSSR count). The van der Waals surface area contributed by atoms with Crippen LogP contribution in [0.3, 0.4) is 0 Å². The lowest BCUT2D eigenvalue weighted by molar-refractivity contribution is 0.414. The summed E-state index contributed by atoms with van der Waals surface area (Å²) >= 11 is 3.30. The minimum atomic E-state index is -3.23. The number of ether oxygens (including phenoxy) is 1. The molecular formula is C15H21BrO3S. The Labute approximate surface area is 130 Å². The molecule has 0 spiro atoms. The maximum absolute atomic E-state index is 12.3. The summed E-state index contributed by atoms with van der Waals surface area (Å²) in [5.41, 5.74) is 0. The first kappa shape index (κ1) is 17.2. The van der Waals surface area contributed by atoms with Crippen LogP contribution in [0.1, 0.15) is 32.1 Å². The Kier molecular flexibility index (Phi) is 7.30. The number of rotatable bonds is 9. The molecule has 20 heavy (non-hydrogen) atoms. The Morgan fingerprint density at radius 1 is 1.25 bits per heavy atom. The fourth-order valence-electron chi connectivity index (χ4n) is 1.91. The second kappa shape index (κ2) is 8.47. The second-order valence-electron chi connectivity index (χ2n) is 4.61. The zero-order chi connectivity index (χ0) is 15.0. The van der Waals surface area contributed by atoms with Gasteiger partial charge in [-0.25, -0.2) is 8.42 Å². The van der Waals surface area contributed by atoms with E-state index >= 15 is 0 Å². The van der Waals surface area contributed by atoms with Crippen LogP contribution in [-0.4, -0.2) is 21.3 Å². The van der Waals surface area contributed by atoms with E-state index in [0.717, 1.165) is 25.7 Å². The van der Waals surface area contributed by atoms with Crippen molar-refractivity contribution in [3.05, 3.63) is 35.3 Å². The minimum Gasteiger partial charge on any atom is -0.497 e. The van der Waals surface area contributed by atoms with Crippen molar-refractivity contribution in [1.82, 2.24) is 0 Å². The van der Waals surface area contributed by atoms with E-state index in [4.69, 9.17) is 4.74 Å². The third-order valence-electron chi connectivity index (χ3n) is 3.05. The topological polar surface area (TPSA) is 43.4 Å². The average Bonchev–Trinajstić information content (AvgIpc) is 2.42. The first-order valence-corrected chi connectivity index (χ1v) is 9.13. The summed E-state index contributed by atoms with van der Waals surface area (Å²) in [5.74, 6) is 0.826. The van der Waals surface area contributed by atoms with Crippen LogP contribution in [0, 0.1) is 0 Å². The van der Waals surface area contributed by atoms with Crippen LogP contribution < -0.4 is 4.74 Å². The van der Waals surface area contributed by atoms with Gasteiger partial charge in [0.1, 0.15) is 5.75 Å². The van der Waals surface area contributed by atoms with Crippen molar-refractivity contribution >= 4 is 25.8 Å². The number of methoxy groups -OCH3 is 1. The largest absolute Gasteiger partial charge is 0.497 e. The number of sulfone groups is 1. The van der Waals surface area contributed by atoms with Crippen LogP contribution in [0.4, 0.5) is 0 Å². The molecule has 1 aromatic carbocycles. The highest BCUT2D eigenvalue weighted by atomic mass is 79.9. The number of allylic oxidation sites excluding steroid dienone is 1. The van der Waals surface area contributed by atoms with Crippen molar-refractivity contribution < 1.29 is 13.2 Å². The van der Waals surface area contributed by atoms with Crippen LogP contribution in [0.5, 0.6) is 5.75 Å². The molecule has 0 radical (unpaired) electrons. The van der Waals surface area contributed by atoms with Gasteiger partial charge in [-0.1, -0.05) is 18.9 Å². The molecule has 112 valence electrons. The summed E-state index contributed by atoms with van der Waals surface area (Å²) in [6.07, 6.45) is 6.64. The van der Waals surface area contributed by atoms with Crippen molar-refractivity contribution in [1.29, 1.82) is 0 Å². The zero-order valence-corrected chi connectivity index (χ0v) is 14.2. The van der Waals surface area contributed by atoms with E-state index in [-0.39, 0.29) is 5.75 Å². The van der Waals surface area contributed by atoms with E-state index in [1.54, 1.807) is 25.3 Å². The third-order valence-corrected chi connectivity index (χ3v) is 5.82. The Morgan fingerprint density at radius 2 is 1.95 bits per heavy atom. The Morgan fingerprint density at radius 3 is 2.55 bits per heavy atom. The summed E-state index contributed by atoms with van der Waals surface area (Å²) in [4.78, 5) is 0.337. The van der Waals surface area contributed by atoms with E-state index in [1.807, 2.05) is 6.08 Å². The van der Waals surface area contributed by atoms with Crippen molar-refractivity contribution in [2.75, 3.05) is 12.9 Å². The lowest BCUT2D eigenvalue weighted by atomic mass is 10.2. The first-order chi connectivity index (χ1) is 9.51. The quantitative estimate of drug-likeness (QED) is 0.485. The van der Waals surface area contributed by atoms with Gasteiger partial charge in [0.25, 0.3) is 0 Å². The highest BCUT2D eigenvalue weighted by Gasteiger charge is 2.17. The van der Waals surface area contributed by atoms with Crippen molar-refractivity contribution in [3.8, 4) is 5.75 Å². The van der Waals surface area contributed by atoms with Crippen LogP contribution in [-0.2, 0) is 9.84 Å². The molecule has 0 aliphatic rings. The lowest BCUT2D eigenvalue weighted by Gasteiger charge is -2.08. The third kappa shape index (κ3) is 5.29. The number of hydrogen-bond acceptors (Lipinski definition) is 3. The Bertz CT molecular complexity index is 538.